The zero-order chi connectivity index (χ0) is 21.6. The number of nitrogens with one attached hydrogen (secondary N) is 1. The molecule has 5 N–H and O–H groups in total. The summed E-state index contributed by atoms with van der Waals surface area (Å²) in [5, 5.41) is 4.72. The Balaban J connectivity index is 1.77. The van der Waals surface area contributed by atoms with Crippen molar-refractivity contribution in [3.8, 4) is 0 Å². The number of anilines is 1. The van der Waals surface area contributed by atoms with Crippen LogP contribution in [0.25, 0.3) is 0 Å². The van der Waals surface area contributed by atoms with Gasteiger partial charge < -0.3 is 21.1 Å². The van der Waals surface area contributed by atoms with E-state index < -0.39 is 23.3 Å². The summed E-state index contributed by atoms with van der Waals surface area (Å²) >= 11 is 0. The minimum absolute atomic E-state index is 0.0912. The molecule has 30 heavy (non-hydrogen) atoms. The molecule has 1 spiro atoms. The number of carbonyl (C=O) groups is 4. The van der Waals surface area contributed by atoms with Crippen molar-refractivity contribution in [2.45, 2.75) is 37.8 Å². The fourth-order valence-corrected chi connectivity index (χ4v) is 5.30. The lowest BCUT2D eigenvalue weighted by Gasteiger charge is -2.26. The van der Waals surface area contributed by atoms with E-state index in [1.807, 2.05) is 30.4 Å². The SMILES string of the molecule is COCCCN1C(=O)[C@H]2[C@@H](C1=O)[C@]1([NH2+][C@@H]2CCC(N)=O)C(=O)Nc2ccc(C)cc21. The fourth-order valence-electron chi connectivity index (χ4n) is 5.30. The molecule has 3 aliphatic rings. The van der Waals surface area contributed by atoms with Crippen molar-refractivity contribution < 1.29 is 29.2 Å². The third kappa shape index (κ3) is 2.92. The van der Waals surface area contributed by atoms with Crippen LogP contribution >= 0.6 is 0 Å². The molecule has 3 heterocycles. The molecule has 3 aliphatic heterocycles. The van der Waals surface area contributed by atoms with Crippen molar-refractivity contribution in [1.82, 2.24) is 4.90 Å². The standard InChI is InChI=1S/C21H26N4O5/c1-11-4-5-13-12(10-11)21(20(29)23-13)17-16(14(24-21)6-7-15(22)26)18(27)25(19(17)28)8-3-9-30-2/h4-5,10,14,16-17,24H,3,6-9H2,1-2H3,(H2,22,26)(H,23,29)/p+1/t14-,16-,17+,21+/m1/s1. The molecule has 0 saturated carbocycles. The van der Waals surface area contributed by atoms with Crippen LogP contribution < -0.4 is 16.4 Å². The number of ether oxygens (including phenoxy) is 1. The van der Waals surface area contributed by atoms with E-state index in [1.165, 1.54) is 4.90 Å². The van der Waals surface area contributed by atoms with Crippen LogP contribution in [0.3, 0.4) is 0 Å². The Labute approximate surface area is 174 Å². The number of amides is 4. The van der Waals surface area contributed by atoms with Crippen molar-refractivity contribution in [2.24, 2.45) is 17.6 Å². The number of aryl methyl sites for hydroxylation is 1. The number of primary amides is 1. The smallest absolute Gasteiger partial charge is 0.291 e. The van der Waals surface area contributed by atoms with E-state index in [4.69, 9.17) is 10.5 Å². The van der Waals surface area contributed by atoms with E-state index >= 15 is 0 Å². The predicted molar refractivity (Wildman–Crippen MR) is 106 cm³/mol. The van der Waals surface area contributed by atoms with Gasteiger partial charge in [0.2, 0.25) is 23.3 Å². The van der Waals surface area contributed by atoms with Gasteiger partial charge in [0.25, 0.3) is 5.91 Å². The first-order valence-electron chi connectivity index (χ1n) is 10.2. The van der Waals surface area contributed by atoms with Crippen molar-refractivity contribution in [2.75, 3.05) is 25.6 Å². The molecule has 1 aromatic rings. The van der Waals surface area contributed by atoms with Crippen LogP contribution in [-0.4, -0.2) is 54.8 Å². The first-order chi connectivity index (χ1) is 14.3. The van der Waals surface area contributed by atoms with Crippen LogP contribution in [0.4, 0.5) is 5.69 Å². The zero-order valence-electron chi connectivity index (χ0n) is 17.1. The molecule has 9 heteroatoms. The van der Waals surface area contributed by atoms with Crippen LogP contribution in [0.2, 0.25) is 0 Å². The number of rotatable bonds is 7. The number of imide groups is 1. The molecule has 0 aliphatic carbocycles. The molecular formula is C21H27N4O5+. The van der Waals surface area contributed by atoms with E-state index in [-0.39, 0.29) is 36.7 Å². The first kappa shape index (κ1) is 20.5. The summed E-state index contributed by atoms with van der Waals surface area (Å²) in [4.78, 5) is 52.7. The minimum atomic E-state index is -1.21. The summed E-state index contributed by atoms with van der Waals surface area (Å²) in [5.74, 6) is -2.85. The second-order valence-electron chi connectivity index (χ2n) is 8.39. The normalized spacial score (nSPS) is 29.5. The molecule has 4 atom stereocenters. The van der Waals surface area contributed by atoms with E-state index in [9.17, 15) is 19.2 Å². The summed E-state index contributed by atoms with van der Waals surface area (Å²) in [6, 6.07) is 5.24. The minimum Gasteiger partial charge on any atom is -0.385 e. The maximum Gasteiger partial charge on any atom is 0.291 e. The average Bonchev–Trinajstić information content (AvgIpc) is 3.27. The molecule has 0 aromatic heterocycles. The van der Waals surface area contributed by atoms with E-state index in [2.05, 4.69) is 5.32 Å². The molecule has 1 aromatic carbocycles. The Kier molecular flexibility index (Phi) is 5.11. The summed E-state index contributed by atoms with van der Waals surface area (Å²) in [7, 11) is 1.56. The number of benzene rings is 1. The largest absolute Gasteiger partial charge is 0.385 e. The van der Waals surface area contributed by atoms with Gasteiger partial charge in [-0.05, 0) is 25.5 Å². The van der Waals surface area contributed by atoms with Gasteiger partial charge in [-0.3, -0.25) is 24.1 Å². The van der Waals surface area contributed by atoms with Gasteiger partial charge in [0.05, 0.1) is 5.69 Å². The van der Waals surface area contributed by atoms with Crippen molar-refractivity contribution in [1.29, 1.82) is 0 Å². The summed E-state index contributed by atoms with van der Waals surface area (Å²) in [6.07, 6.45) is 0.948. The summed E-state index contributed by atoms with van der Waals surface area (Å²) < 4.78 is 5.05. The first-order valence-corrected chi connectivity index (χ1v) is 10.2. The lowest BCUT2D eigenvalue weighted by atomic mass is 9.76. The number of hydrogen-bond donors (Lipinski definition) is 3. The zero-order valence-corrected chi connectivity index (χ0v) is 17.1. The van der Waals surface area contributed by atoms with Crippen molar-refractivity contribution in [3.05, 3.63) is 29.3 Å². The lowest BCUT2D eigenvalue weighted by molar-refractivity contribution is -0.734. The van der Waals surface area contributed by atoms with E-state index in [0.29, 0.717) is 25.1 Å². The number of quaternary nitrogens is 1. The molecule has 0 unspecified atom stereocenters. The van der Waals surface area contributed by atoms with Gasteiger partial charge in [0, 0.05) is 38.7 Å². The maximum atomic E-state index is 13.4. The number of carbonyl (C=O) groups excluding carboxylic acids is 4. The second-order valence-corrected chi connectivity index (χ2v) is 8.39. The van der Waals surface area contributed by atoms with Crippen LogP contribution in [0.5, 0.6) is 0 Å². The fraction of sp³-hybridized carbons (Fsp3) is 0.524. The Morgan fingerprint density at radius 3 is 2.77 bits per heavy atom. The number of fused-ring (bicyclic) bond motifs is 4. The van der Waals surface area contributed by atoms with Gasteiger partial charge in [0.15, 0.2) is 0 Å². The Bertz CT molecular complexity index is 932. The summed E-state index contributed by atoms with van der Waals surface area (Å²) in [5.41, 5.74) is 6.48. The molecule has 4 rings (SSSR count). The molecule has 2 saturated heterocycles. The lowest BCUT2D eigenvalue weighted by Crippen LogP contribution is -2.99. The van der Waals surface area contributed by atoms with Gasteiger partial charge in [-0.1, -0.05) is 11.6 Å². The highest BCUT2D eigenvalue weighted by molar-refractivity contribution is 6.13. The molecule has 0 bridgehead atoms. The molecule has 160 valence electrons. The quantitative estimate of drug-likeness (QED) is 0.387. The Hall–Kier alpha value is -2.78. The monoisotopic (exact) mass is 415 g/mol. The number of nitrogens with two attached hydrogens (primary N) is 2. The molecule has 0 radical (unpaired) electrons. The third-order valence-corrected chi connectivity index (χ3v) is 6.57. The highest BCUT2D eigenvalue weighted by Crippen LogP contribution is 2.49. The molecule has 4 amide bonds. The third-order valence-electron chi connectivity index (χ3n) is 6.57. The second kappa shape index (κ2) is 7.48. The number of likely N-dealkylation sites (tertiary alicyclic amines) is 1. The van der Waals surface area contributed by atoms with Gasteiger partial charge in [-0.2, -0.15) is 0 Å². The van der Waals surface area contributed by atoms with E-state index in [1.54, 1.807) is 7.11 Å². The van der Waals surface area contributed by atoms with Gasteiger partial charge in [-0.15, -0.1) is 0 Å². The number of nitrogens with zero attached hydrogens (tertiary/aromatic N) is 1. The van der Waals surface area contributed by atoms with Crippen LogP contribution in [-0.2, 0) is 29.5 Å². The molecular weight excluding hydrogens is 388 g/mol. The van der Waals surface area contributed by atoms with Gasteiger partial charge in [-0.25, -0.2) is 0 Å². The highest BCUT2D eigenvalue weighted by atomic mass is 16.5. The van der Waals surface area contributed by atoms with Crippen LogP contribution in [0, 0.1) is 18.8 Å². The van der Waals surface area contributed by atoms with Crippen LogP contribution in [0.1, 0.15) is 30.4 Å². The number of hydrogen-bond acceptors (Lipinski definition) is 5. The summed E-state index contributed by atoms with van der Waals surface area (Å²) in [6.45, 7) is 2.60. The predicted octanol–water partition coefficient (Wildman–Crippen LogP) is -1.01. The Morgan fingerprint density at radius 1 is 1.30 bits per heavy atom. The van der Waals surface area contributed by atoms with Crippen molar-refractivity contribution in [3.63, 3.8) is 0 Å². The number of methoxy groups -OCH3 is 1. The highest BCUT2D eigenvalue weighted by Gasteiger charge is 2.73. The van der Waals surface area contributed by atoms with Crippen molar-refractivity contribution >= 4 is 29.3 Å². The van der Waals surface area contributed by atoms with Gasteiger partial charge >= 0.3 is 0 Å². The molecule has 9 nitrogen and oxygen atoms in total. The maximum absolute atomic E-state index is 13.4. The van der Waals surface area contributed by atoms with Gasteiger partial charge in [0.1, 0.15) is 17.9 Å². The molecule has 2 fully saturated rings. The van der Waals surface area contributed by atoms with Crippen LogP contribution in [0.15, 0.2) is 18.2 Å². The van der Waals surface area contributed by atoms with E-state index in [0.717, 1.165) is 11.1 Å². The topological polar surface area (TPSA) is 135 Å². The average molecular weight is 415 g/mol. The Morgan fingerprint density at radius 2 is 2.07 bits per heavy atom.